The van der Waals surface area contributed by atoms with E-state index in [1.54, 1.807) is 18.1 Å². The maximum atomic E-state index is 12.2. The van der Waals surface area contributed by atoms with Crippen LogP contribution in [0.4, 0.5) is 4.79 Å². The molecule has 1 unspecified atom stereocenters. The third kappa shape index (κ3) is 3.11. The Labute approximate surface area is 134 Å². The van der Waals surface area contributed by atoms with E-state index in [-0.39, 0.29) is 12.1 Å². The van der Waals surface area contributed by atoms with Crippen LogP contribution < -0.4 is 15.5 Å². The van der Waals surface area contributed by atoms with Gasteiger partial charge < -0.3 is 10.1 Å². The van der Waals surface area contributed by atoms with Gasteiger partial charge in [-0.2, -0.15) is 0 Å². The number of imidazole rings is 1. The van der Waals surface area contributed by atoms with Crippen molar-refractivity contribution in [1.82, 2.24) is 15.0 Å². The van der Waals surface area contributed by atoms with Gasteiger partial charge in [0, 0.05) is 5.56 Å². The number of hydrogen-bond donors (Lipinski definition) is 2. The number of nitrogens with zero attached hydrogens (tertiary/aromatic N) is 2. The summed E-state index contributed by atoms with van der Waals surface area (Å²) in [5, 5.41) is 2.90. The average Bonchev–Trinajstić information content (AvgIpc) is 2.97. The first-order valence-electron chi connectivity index (χ1n) is 7.31. The molecule has 1 aromatic heterocycles. The number of benzene rings is 2. The van der Waals surface area contributed by atoms with Gasteiger partial charge in [0.15, 0.2) is 0 Å². The first kappa shape index (κ1) is 14.9. The van der Waals surface area contributed by atoms with Gasteiger partial charge in [-0.25, -0.2) is 19.9 Å². The number of ether oxygens (including phenoxy) is 1. The summed E-state index contributed by atoms with van der Waals surface area (Å²) in [6.45, 7) is 1.91. The van der Waals surface area contributed by atoms with Crippen molar-refractivity contribution >= 4 is 17.1 Å². The summed E-state index contributed by atoms with van der Waals surface area (Å²) >= 11 is 0. The molecule has 0 aliphatic carbocycles. The molecule has 6 nitrogen and oxygen atoms in total. The number of nitrogens with one attached hydrogen (secondary N) is 2. The Hall–Kier alpha value is -3.02. The fourth-order valence-corrected chi connectivity index (χ4v) is 2.49. The molecular weight excluding hydrogens is 292 g/mol. The molecule has 0 aliphatic heterocycles. The molecular formula is C17H18N4O2. The number of amides is 2. The van der Waals surface area contributed by atoms with Gasteiger partial charge in [0.05, 0.1) is 24.2 Å². The number of aromatic nitrogens is 2. The van der Waals surface area contributed by atoms with E-state index in [4.69, 9.17) is 4.74 Å². The van der Waals surface area contributed by atoms with E-state index in [1.165, 1.54) is 0 Å². The van der Waals surface area contributed by atoms with Crippen LogP contribution in [0.5, 0.6) is 5.75 Å². The SMILES string of the molecule is COc1ccccc1C(C)NC(=O)Nn1cnc2ccccc21. The average molecular weight is 310 g/mol. The van der Waals surface area contributed by atoms with Crippen molar-refractivity contribution in [3.8, 4) is 5.75 Å². The lowest BCUT2D eigenvalue weighted by Crippen LogP contribution is -2.35. The highest BCUT2D eigenvalue weighted by Gasteiger charge is 2.14. The summed E-state index contributed by atoms with van der Waals surface area (Å²) < 4.78 is 6.92. The van der Waals surface area contributed by atoms with Crippen LogP contribution in [-0.4, -0.2) is 22.8 Å². The number of carbonyl (C=O) groups excluding carboxylic acids is 1. The molecule has 0 fully saturated rings. The minimum Gasteiger partial charge on any atom is -0.496 e. The van der Waals surface area contributed by atoms with E-state index in [0.29, 0.717) is 0 Å². The normalized spacial score (nSPS) is 11.9. The third-order valence-electron chi connectivity index (χ3n) is 3.63. The van der Waals surface area contributed by atoms with Gasteiger partial charge in [-0.1, -0.05) is 30.3 Å². The molecule has 0 saturated carbocycles. The second-order valence-electron chi connectivity index (χ2n) is 5.15. The van der Waals surface area contributed by atoms with Crippen molar-refractivity contribution in [2.75, 3.05) is 12.5 Å². The Morgan fingerprint density at radius 2 is 1.91 bits per heavy atom. The number of rotatable bonds is 4. The maximum absolute atomic E-state index is 12.2. The number of fused-ring (bicyclic) bond motifs is 1. The van der Waals surface area contributed by atoms with Crippen molar-refractivity contribution in [2.24, 2.45) is 0 Å². The number of methoxy groups -OCH3 is 1. The molecule has 2 amide bonds. The minimum absolute atomic E-state index is 0.194. The van der Waals surface area contributed by atoms with Gasteiger partial charge in [0.1, 0.15) is 12.1 Å². The van der Waals surface area contributed by atoms with E-state index < -0.39 is 0 Å². The van der Waals surface area contributed by atoms with Gasteiger partial charge in [-0.05, 0) is 25.1 Å². The highest BCUT2D eigenvalue weighted by molar-refractivity contribution is 5.85. The second kappa shape index (κ2) is 6.39. The van der Waals surface area contributed by atoms with Crippen LogP contribution in [0.1, 0.15) is 18.5 Å². The summed E-state index contributed by atoms with van der Waals surface area (Å²) in [6, 6.07) is 14.7. The lowest BCUT2D eigenvalue weighted by atomic mass is 10.1. The zero-order valence-corrected chi connectivity index (χ0v) is 13.0. The molecule has 2 aromatic carbocycles. The monoisotopic (exact) mass is 310 g/mol. The Balaban J connectivity index is 1.72. The van der Waals surface area contributed by atoms with Crippen LogP contribution in [0.25, 0.3) is 11.0 Å². The van der Waals surface area contributed by atoms with Crippen LogP contribution in [-0.2, 0) is 0 Å². The smallest absolute Gasteiger partial charge is 0.334 e. The molecule has 0 spiro atoms. The molecule has 118 valence electrons. The van der Waals surface area contributed by atoms with Crippen molar-refractivity contribution < 1.29 is 9.53 Å². The predicted octanol–water partition coefficient (Wildman–Crippen LogP) is 3.06. The van der Waals surface area contributed by atoms with Crippen LogP contribution in [0.15, 0.2) is 54.9 Å². The van der Waals surface area contributed by atoms with Crippen LogP contribution >= 0.6 is 0 Å². The summed E-state index contributed by atoms with van der Waals surface area (Å²) in [4.78, 5) is 16.5. The minimum atomic E-state index is -0.313. The maximum Gasteiger partial charge on any atom is 0.334 e. The Morgan fingerprint density at radius 1 is 1.17 bits per heavy atom. The number of carbonyl (C=O) groups is 1. The highest BCUT2D eigenvalue weighted by Crippen LogP contribution is 2.24. The van der Waals surface area contributed by atoms with Gasteiger partial charge in [0.2, 0.25) is 0 Å². The van der Waals surface area contributed by atoms with E-state index in [9.17, 15) is 4.79 Å². The highest BCUT2D eigenvalue weighted by atomic mass is 16.5. The lowest BCUT2D eigenvalue weighted by Gasteiger charge is -2.18. The Bertz CT molecular complexity index is 828. The fourth-order valence-electron chi connectivity index (χ4n) is 2.49. The fraction of sp³-hybridized carbons (Fsp3) is 0.176. The van der Waals surface area contributed by atoms with Crippen LogP contribution in [0.2, 0.25) is 0 Å². The summed E-state index contributed by atoms with van der Waals surface area (Å²) in [6.07, 6.45) is 1.58. The Kier molecular flexibility index (Phi) is 4.14. The summed E-state index contributed by atoms with van der Waals surface area (Å²) in [7, 11) is 1.61. The van der Waals surface area contributed by atoms with E-state index in [2.05, 4.69) is 15.7 Å². The van der Waals surface area contributed by atoms with Gasteiger partial charge in [0.25, 0.3) is 0 Å². The molecule has 0 saturated heterocycles. The first-order chi connectivity index (χ1) is 11.2. The van der Waals surface area contributed by atoms with E-state index >= 15 is 0 Å². The molecule has 0 radical (unpaired) electrons. The molecule has 3 rings (SSSR count). The summed E-state index contributed by atoms with van der Waals surface area (Å²) in [5.74, 6) is 0.744. The van der Waals surface area contributed by atoms with Crippen molar-refractivity contribution in [3.63, 3.8) is 0 Å². The first-order valence-corrected chi connectivity index (χ1v) is 7.31. The third-order valence-corrected chi connectivity index (χ3v) is 3.63. The van der Waals surface area contributed by atoms with Gasteiger partial charge in [-0.3, -0.25) is 0 Å². The number of hydrogen-bond acceptors (Lipinski definition) is 3. The molecule has 23 heavy (non-hydrogen) atoms. The van der Waals surface area contributed by atoms with Gasteiger partial charge in [-0.15, -0.1) is 0 Å². The summed E-state index contributed by atoms with van der Waals surface area (Å²) in [5.41, 5.74) is 5.35. The van der Waals surface area contributed by atoms with E-state index in [1.807, 2.05) is 55.5 Å². The van der Waals surface area contributed by atoms with Crippen molar-refractivity contribution in [2.45, 2.75) is 13.0 Å². The topological polar surface area (TPSA) is 68.2 Å². The number of urea groups is 1. The Morgan fingerprint density at radius 3 is 2.74 bits per heavy atom. The molecule has 6 heteroatoms. The van der Waals surface area contributed by atoms with Crippen molar-refractivity contribution in [3.05, 3.63) is 60.4 Å². The lowest BCUT2D eigenvalue weighted by molar-refractivity contribution is 0.246. The second-order valence-corrected chi connectivity index (χ2v) is 5.15. The molecule has 0 aliphatic rings. The standard InChI is InChI=1S/C17H18N4O2/c1-12(13-7-3-6-10-16(13)23-2)19-17(22)20-21-11-18-14-8-4-5-9-15(14)21/h3-12H,1-2H3,(H2,19,20,22). The zero-order chi connectivity index (χ0) is 16.2. The number of para-hydroxylation sites is 3. The largest absolute Gasteiger partial charge is 0.496 e. The van der Waals surface area contributed by atoms with Crippen LogP contribution in [0.3, 0.4) is 0 Å². The molecule has 0 bridgehead atoms. The van der Waals surface area contributed by atoms with E-state index in [0.717, 1.165) is 22.3 Å². The van der Waals surface area contributed by atoms with Crippen LogP contribution in [0, 0.1) is 0 Å². The molecule has 2 N–H and O–H groups in total. The van der Waals surface area contributed by atoms with Crippen molar-refractivity contribution in [1.29, 1.82) is 0 Å². The molecule has 1 atom stereocenters. The molecule has 3 aromatic rings. The predicted molar refractivity (Wildman–Crippen MR) is 89.0 cm³/mol. The quantitative estimate of drug-likeness (QED) is 0.778. The van der Waals surface area contributed by atoms with Gasteiger partial charge >= 0.3 is 6.03 Å². The zero-order valence-electron chi connectivity index (χ0n) is 13.0. The molecule has 1 heterocycles.